The van der Waals surface area contributed by atoms with Crippen molar-refractivity contribution in [3.8, 4) is 0 Å². The molecular formula is C45H62F3NO6. The first-order chi connectivity index (χ1) is 25.3. The summed E-state index contributed by atoms with van der Waals surface area (Å²) < 4.78 is 46.2. The first-order valence-corrected chi connectivity index (χ1v) is 20.5. The number of Topliss-reactive ketones (excluding diaryl/α,β-unsaturated/α-hetero) is 2. The van der Waals surface area contributed by atoms with Crippen LogP contribution >= 0.6 is 0 Å². The molecule has 5 aliphatic rings. The van der Waals surface area contributed by atoms with Gasteiger partial charge in [0.15, 0.2) is 11.6 Å². The maximum absolute atomic E-state index is 14.5. The number of rotatable bonds is 10. The number of benzene rings is 1. The largest absolute Gasteiger partial charge is 0.481 e. The van der Waals surface area contributed by atoms with E-state index in [1.54, 1.807) is 19.9 Å². The monoisotopic (exact) mass is 769 g/mol. The van der Waals surface area contributed by atoms with Gasteiger partial charge < -0.3 is 15.2 Å². The van der Waals surface area contributed by atoms with Crippen molar-refractivity contribution in [1.29, 1.82) is 0 Å². The molecule has 10 heteroatoms. The third-order valence-electron chi connectivity index (χ3n) is 16.2. The Morgan fingerprint density at radius 3 is 2.25 bits per heavy atom. The van der Waals surface area contributed by atoms with Crippen LogP contribution in [-0.4, -0.2) is 41.3 Å². The summed E-state index contributed by atoms with van der Waals surface area (Å²) in [5, 5.41) is 12.7. The first-order valence-electron chi connectivity index (χ1n) is 20.5. The number of alkyl halides is 3. The molecule has 0 aromatic heterocycles. The fraction of sp³-hybridized carbons (Fsp3) is 0.733. The van der Waals surface area contributed by atoms with Crippen molar-refractivity contribution in [2.75, 3.05) is 6.54 Å². The SMILES string of the molecule is CC(C)C1=C2C3CCC4C5(C)CCC(OC(=O)CC(C)(C)C(=O)O)C(C)(C)C5CCC4(C)C3(C)CCC2(C(=O)CNCc2cccc(C(F)(F)F)c2)CC1=O. The van der Waals surface area contributed by atoms with Gasteiger partial charge in [0, 0.05) is 18.4 Å². The minimum atomic E-state index is -4.45. The molecule has 55 heavy (non-hydrogen) atoms. The molecule has 1 aromatic carbocycles. The number of nitrogens with one attached hydrogen (secondary N) is 1. The van der Waals surface area contributed by atoms with Crippen LogP contribution in [0.4, 0.5) is 13.2 Å². The number of carboxylic acids is 1. The molecule has 0 amide bonds. The average Bonchev–Trinajstić information content (AvgIpc) is 3.39. The summed E-state index contributed by atoms with van der Waals surface area (Å²) in [5.74, 6) is -0.743. The maximum Gasteiger partial charge on any atom is 0.416 e. The van der Waals surface area contributed by atoms with Crippen molar-refractivity contribution in [2.45, 2.75) is 145 Å². The molecule has 7 nitrogen and oxygen atoms in total. The molecule has 0 saturated heterocycles. The van der Waals surface area contributed by atoms with E-state index in [1.165, 1.54) is 6.07 Å². The molecule has 0 heterocycles. The molecule has 0 bridgehead atoms. The van der Waals surface area contributed by atoms with Gasteiger partial charge in [-0.25, -0.2) is 0 Å². The number of carbonyl (C=O) groups excluding carboxylic acids is 3. The van der Waals surface area contributed by atoms with Crippen LogP contribution in [0, 0.1) is 56.2 Å². The lowest BCUT2D eigenvalue weighted by atomic mass is 9.33. The van der Waals surface area contributed by atoms with E-state index in [4.69, 9.17) is 4.74 Å². The minimum Gasteiger partial charge on any atom is -0.481 e. The Morgan fingerprint density at radius 1 is 0.927 bits per heavy atom. The highest BCUT2D eigenvalue weighted by Crippen LogP contribution is 2.76. The molecule has 2 N–H and O–H groups in total. The van der Waals surface area contributed by atoms with Gasteiger partial charge in [0.1, 0.15) is 6.10 Å². The van der Waals surface area contributed by atoms with Crippen molar-refractivity contribution in [3.63, 3.8) is 0 Å². The van der Waals surface area contributed by atoms with Crippen LogP contribution in [0.5, 0.6) is 0 Å². The van der Waals surface area contributed by atoms with Gasteiger partial charge in [0.25, 0.3) is 0 Å². The predicted octanol–water partition coefficient (Wildman–Crippen LogP) is 9.76. The minimum absolute atomic E-state index is 0.0178. The Hall–Kier alpha value is -3.01. The third kappa shape index (κ3) is 6.62. The maximum atomic E-state index is 14.5. The van der Waals surface area contributed by atoms with E-state index < -0.39 is 34.5 Å². The lowest BCUT2D eigenvalue weighted by molar-refractivity contribution is -0.233. The summed E-state index contributed by atoms with van der Waals surface area (Å²) in [6.45, 7) is 19.1. The fourth-order valence-electron chi connectivity index (χ4n) is 13.1. The van der Waals surface area contributed by atoms with E-state index in [9.17, 15) is 37.5 Å². The van der Waals surface area contributed by atoms with Crippen molar-refractivity contribution in [1.82, 2.24) is 5.32 Å². The zero-order chi connectivity index (χ0) is 40.7. The molecule has 0 spiro atoms. The number of carbonyl (C=O) groups is 4. The van der Waals surface area contributed by atoms with E-state index in [1.807, 2.05) is 13.8 Å². The van der Waals surface area contributed by atoms with Crippen LogP contribution in [0.1, 0.15) is 138 Å². The van der Waals surface area contributed by atoms with E-state index in [2.05, 4.69) is 39.9 Å². The van der Waals surface area contributed by atoms with Gasteiger partial charge in [-0.2, -0.15) is 13.2 Å². The van der Waals surface area contributed by atoms with Crippen LogP contribution in [0.15, 0.2) is 35.4 Å². The number of esters is 1. The van der Waals surface area contributed by atoms with E-state index in [-0.39, 0.29) is 77.1 Å². The molecule has 4 saturated carbocycles. The van der Waals surface area contributed by atoms with Gasteiger partial charge in [-0.1, -0.05) is 66.7 Å². The van der Waals surface area contributed by atoms with Crippen LogP contribution < -0.4 is 5.32 Å². The van der Waals surface area contributed by atoms with Crippen molar-refractivity contribution < 1.29 is 42.2 Å². The standard InChI is InChI=1S/C45H62F3NO6/c1-26(2)36-30(50)22-44(33(51)25-49-24-27-11-10-12-28(21-27)45(46,47)48)20-19-42(8)29(37(36)44)13-14-32-41(7)17-16-34(55-35(52)23-39(3,4)38(53)54)40(5,6)31(41)15-18-43(32,42)9/h10-12,21,26,29,31-32,34,49H,13-20,22-25H2,1-9H3,(H,53,54). The summed E-state index contributed by atoms with van der Waals surface area (Å²) in [5.41, 5.74) is -1.06. The zero-order valence-corrected chi connectivity index (χ0v) is 34.3. The highest BCUT2D eigenvalue weighted by atomic mass is 19.4. The zero-order valence-electron chi connectivity index (χ0n) is 34.3. The van der Waals surface area contributed by atoms with Crippen LogP contribution in [0.25, 0.3) is 0 Å². The van der Waals surface area contributed by atoms with Gasteiger partial charge >= 0.3 is 18.1 Å². The lowest BCUT2D eigenvalue weighted by Crippen LogP contribution is -2.66. The number of allylic oxidation sites excluding steroid dienone is 2. The molecule has 4 fully saturated rings. The fourth-order valence-corrected chi connectivity index (χ4v) is 13.1. The average molecular weight is 770 g/mol. The van der Waals surface area contributed by atoms with Gasteiger partial charge in [0.05, 0.1) is 29.4 Å². The van der Waals surface area contributed by atoms with Crippen LogP contribution in [0.2, 0.25) is 0 Å². The van der Waals surface area contributed by atoms with E-state index in [0.717, 1.165) is 61.8 Å². The third-order valence-corrected chi connectivity index (χ3v) is 16.2. The molecule has 1 aromatic rings. The smallest absolute Gasteiger partial charge is 0.416 e. The quantitative estimate of drug-likeness (QED) is 0.228. The molecule has 304 valence electrons. The highest BCUT2D eigenvalue weighted by molar-refractivity contribution is 6.07. The van der Waals surface area contributed by atoms with Crippen LogP contribution in [-0.2, 0) is 36.6 Å². The van der Waals surface area contributed by atoms with E-state index in [0.29, 0.717) is 30.2 Å². The number of halogens is 3. The number of ketones is 2. The summed E-state index contributed by atoms with van der Waals surface area (Å²) in [6.07, 6.45) is 2.07. The molecule has 8 atom stereocenters. The Bertz CT molecular complexity index is 1780. The van der Waals surface area contributed by atoms with Gasteiger partial charge in [-0.15, -0.1) is 0 Å². The normalized spacial score (nSPS) is 35.8. The van der Waals surface area contributed by atoms with Gasteiger partial charge in [0.2, 0.25) is 0 Å². The van der Waals surface area contributed by atoms with Crippen molar-refractivity contribution in [3.05, 3.63) is 46.5 Å². The van der Waals surface area contributed by atoms with Crippen molar-refractivity contribution in [2.24, 2.45) is 56.2 Å². The molecule has 5 aliphatic carbocycles. The van der Waals surface area contributed by atoms with Crippen molar-refractivity contribution >= 4 is 23.5 Å². The topological polar surface area (TPSA) is 110 Å². The number of hydrogen-bond donors (Lipinski definition) is 2. The Kier molecular flexibility index (Phi) is 10.5. The number of aliphatic carboxylic acids is 1. The second-order valence-corrected chi connectivity index (χ2v) is 20.2. The highest BCUT2D eigenvalue weighted by Gasteiger charge is 2.71. The number of ether oxygens (including phenoxy) is 1. The van der Waals surface area contributed by atoms with Gasteiger partial charge in [-0.05, 0) is 128 Å². The van der Waals surface area contributed by atoms with Gasteiger partial charge in [-0.3, -0.25) is 19.2 Å². The molecule has 6 rings (SSSR count). The Labute approximate surface area is 325 Å². The summed E-state index contributed by atoms with van der Waals surface area (Å²) in [7, 11) is 0. The second kappa shape index (κ2) is 13.8. The Balaban J connectivity index is 1.25. The molecule has 0 radical (unpaired) electrons. The summed E-state index contributed by atoms with van der Waals surface area (Å²) >= 11 is 0. The lowest BCUT2D eigenvalue weighted by Gasteiger charge is -2.72. The molecule has 0 aliphatic heterocycles. The van der Waals surface area contributed by atoms with Crippen LogP contribution in [0.3, 0.4) is 0 Å². The summed E-state index contributed by atoms with van der Waals surface area (Å²) in [6, 6.07) is 5.15. The second-order valence-electron chi connectivity index (χ2n) is 20.2. The predicted molar refractivity (Wildman–Crippen MR) is 204 cm³/mol. The number of carboxylic acid groups (broad SMARTS) is 1. The molecule has 8 unspecified atom stereocenters. The molecular weight excluding hydrogens is 707 g/mol. The van der Waals surface area contributed by atoms with E-state index >= 15 is 0 Å². The summed E-state index contributed by atoms with van der Waals surface area (Å²) in [4.78, 5) is 53.3. The first kappa shape index (κ1) is 41.6. The number of hydrogen-bond acceptors (Lipinski definition) is 6. The number of fused-ring (bicyclic) bond motifs is 7. The Morgan fingerprint density at radius 2 is 1.62 bits per heavy atom.